The molecule has 6 rings (SSSR count). The molecule has 4 aromatic carbocycles. The molecule has 0 spiro atoms. The van der Waals surface area contributed by atoms with Gasteiger partial charge in [0, 0.05) is 0 Å². The van der Waals surface area contributed by atoms with Gasteiger partial charge in [-0.25, -0.2) is 0 Å². The molecular weight excluding hydrogens is 691 g/mol. The number of aryl methyl sites for hydroxylation is 2. The van der Waals surface area contributed by atoms with Crippen LogP contribution in [-0.2, 0) is 34.1 Å². The van der Waals surface area contributed by atoms with Crippen molar-refractivity contribution in [1.29, 1.82) is 0 Å². The van der Waals surface area contributed by atoms with Crippen molar-refractivity contribution in [2.24, 2.45) is 0 Å². The van der Waals surface area contributed by atoms with Gasteiger partial charge in [-0.1, -0.05) is 0 Å². The van der Waals surface area contributed by atoms with Gasteiger partial charge in [-0.05, 0) is 0 Å². The van der Waals surface area contributed by atoms with Gasteiger partial charge in [-0.3, -0.25) is 0 Å². The van der Waals surface area contributed by atoms with Crippen molar-refractivity contribution in [2.75, 3.05) is 0 Å². The van der Waals surface area contributed by atoms with Crippen LogP contribution in [-0.4, -0.2) is 3.21 Å². The van der Waals surface area contributed by atoms with Crippen molar-refractivity contribution in [1.82, 2.24) is 0 Å². The molecule has 2 aliphatic rings. The third-order valence-corrected chi connectivity index (χ3v) is 18.5. The quantitative estimate of drug-likeness (QED) is 0.164. The van der Waals surface area contributed by atoms with E-state index >= 15 is 0 Å². The van der Waals surface area contributed by atoms with E-state index in [0.29, 0.717) is 3.63 Å². The summed E-state index contributed by atoms with van der Waals surface area (Å²) in [5, 5.41) is 0. The maximum Gasteiger partial charge on any atom is -1.00 e. The summed E-state index contributed by atoms with van der Waals surface area (Å²) in [5.74, 6) is 0. The maximum absolute atomic E-state index is 2.80. The smallest absolute Gasteiger partial charge is 1.00 e. The van der Waals surface area contributed by atoms with Crippen LogP contribution in [0.5, 0.6) is 0 Å². The first-order valence-electron chi connectivity index (χ1n) is 17.7. The van der Waals surface area contributed by atoms with E-state index in [1.54, 1.807) is 31.1 Å². The Bertz CT molecular complexity index is 1670. The van der Waals surface area contributed by atoms with Gasteiger partial charge in [0.15, 0.2) is 0 Å². The second-order valence-electron chi connectivity index (χ2n) is 13.0. The van der Waals surface area contributed by atoms with E-state index < -0.39 is 21.3 Å². The molecular formula is C44H50Cl2Zr. The summed E-state index contributed by atoms with van der Waals surface area (Å²) in [6, 6.07) is 38.0. The fourth-order valence-electron chi connectivity index (χ4n) is 8.02. The number of hydrogen-bond donors (Lipinski definition) is 0. The zero-order valence-corrected chi connectivity index (χ0v) is 32.9. The van der Waals surface area contributed by atoms with Gasteiger partial charge in [0.05, 0.1) is 0 Å². The zero-order valence-electron chi connectivity index (χ0n) is 28.9. The van der Waals surface area contributed by atoms with E-state index in [9.17, 15) is 0 Å². The monoisotopic (exact) mass is 738 g/mol. The molecule has 0 aliphatic heterocycles. The molecule has 0 saturated heterocycles. The Kier molecular flexibility index (Phi) is 13.9. The van der Waals surface area contributed by atoms with Gasteiger partial charge < -0.3 is 24.8 Å². The fraction of sp³-hybridized carbons (Fsp3) is 0.341. The van der Waals surface area contributed by atoms with E-state index in [0.717, 1.165) is 12.8 Å². The molecule has 0 saturated carbocycles. The van der Waals surface area contributed by atoms with Crippen molar-refractivity contribution in [3.63, 3.8) is 0 Å². The minimum Gasteiger partial charge on any atom is -1.00 e. The summed E-state index contributed by atoms with van der Waals surface area (Å²) in [5.41, 5.74) is 17.3. The van der Waals surface area contributed by atoms with Crippen LogP contribution in [0.25, 0.3) is 11.1 Å². The maximum atomic E-state index is 2.61. The Balaban J connectivity index is 0.00000250. The van der Waals surface area contributed by atoms with E-state index in [-0.39, 0.29) is 24.8 Å². The molecule has 0 heterocycles. The minimum atomic E-state index is -2.80. The Labute approximate surface area is 304 Å². The Morgan fingerprint density at radius 3 is 1.49 bits per heavy atom. The summed E-state index contributed by atoms with van der Waals surface area (Å²) in [6.07, 6.45) is 10.7. The zero-order chi connectivity index (χ0) is 31.3. The molecule has 0 atom stereocenters. The molecule has 0 nitrogen and oxygen atoms in total. The van der Waals surface area contributed by atoms with Crippen molar-refractivity contribution in [3.05, 3.63) is 150 Å². The SMILES string of the molecule is CCCC1=C(CCC)C(CCC)=[C]([Zr+2](=[C](c2ccccc2)c2ccccc2)[CH]2c3cc(CC)ccc3-c3ccc(CC)cc32)C1.[Cl-].[Cl-]. The Morgan fingerprint density at radius 1 is 0.574 bits per heavy atom. The van der Waals surface area contributed by atoms with Gasteiger partial charge in [-0.15, -0.1) is 0 Å². The third kappa shape index (κ3) is 7.49. The van der Waals surface area contributed by atoms with Crippen LogP contribution >= 0.6 is 0 Å². The van der Waals surface area contributed by atoms with Gasteiger partial charge in [-0.2, -0.15) is 0 Å². The summed E-state index contributed by atoms with van der Waals surface area (Å²) in [6.45, 7) is 11.8. The second-order valence-corrected chi connectivity index (χ2v) is 19.1. The van der Waals surface area contributed by atoms with E-state index in [2.05, 4.69) is 132 Å². The summed E-state index contributed by atoms with van der Waals surface area (Å²) in [4.78, 5) is 0. The van der Waals surface area contributed by atoms with Crippen molar-refractivity contribution in [2.45, 2.75) is 96.0 Å². The van der Waals surface area contributed by atoms with Gasteiger partial charge >= 0.3 is 282 Å². The third-order valence-electron chi connectivity index (χ3n) is 10.1. The number of allylic oxidation sites excluding steroid dienone is 4. The van der Waals surface area contributed by atoms with Gasteiger partial charge in [0.1, 0.15) is 0 Å². The normalized spacial score (nSPS) is 13.4. The van der Waals surface area contributed by atoms with E-state index in [1.165, 1.54) is 78.3 Å². The van der Waals surface area contributed by atoms with E-state index in [4.69, 9.17) is 0 Å². The topological polar surface area (TPSA) is 0 Å². The van der Waals surface area contributed by atoms with Gasteiger partial charge in [0.2, 0.25) is 0 Å². The first-order valence-corrected chi connectivity index (χ1v) is 21.6. The second kappa shape index (κ2) is 17.4. The molecule has 4 aromatic rings. The standard InChI is InChI=1S/C17H17.C14H23.C13H10.2ClH.Zr/c1-3-12-5-7-16-14(9-12)11-15-10-13(4-2)6-8-17(15)16;1-4-7-12-10-11-13(8-5-2)14(12)9-6-3;1-3-7-12(8-4-1)11-13-9-5-2-6-10-13;;;/h5-11H,3-4H2,1-2H3;4-10H2,1-3H3;1-10H;2*1H;/q;;;;;+2/p-2. The number of fused-ring (bicyclic) bond motifs is 3. The molecule has 3 heteroatoms. The number of benzene rings is 4. The Hall–Kier alpha value is -2.31. The molecule has 0 N–H and O–H groups in total. The molecule has 0 fully saturated rings. The molecule has 2 aliphatic carbocycles. The van der Waals surface area contributed by atoms with Gasteiger partial charge in [0.25, 0.3) is 0 Å². The average Bonchev–Trinajstić information content (AvgIpc) is 3.58. The molecule has 0 unspecified atom stereocenters. The molecule has 0 amide bonds. The van der Waals surface area contributed by atoms with Crippen molar-refractivity contribution >= 4 is 3.21 Å². The average molecular weight is 741 g/mol. The largest absolute Gasteiger partial charge is 1.00 e. The van der Waals surface area contributed by atoms with Crippen LogP contribution < -0.4 is 24.8 Å². The first-order chi connectivity index (χ1) is 22.1. The number of rotatable bonds is 12. The van der Waals surface area contributed by atoms with Crippen LogP contribution in [0.3, 0.4) is 0 Å². The Morgan fingerprint density at radius 2 is 1.04 bits per heavy atom. The van der Waals surface area contributed by atoms with Crippen LogP contribution in [0.2, 0.25) is 0 Å². The van der Waals surface area contributed by atoms with E-state index in [1.807, 2.05) is 3.28 Å². The van der Waals surface area contributed by atoms with Crippen LogP contribution in [0.15, 0.2) is 117 Å². The molecule has 0 aromatic heterocycles. The first kappa shape index (κ1) is 37.5. The molecule has 0 bridgehead atoms. The summed E-state index contributed by atoms with van der Waals surface area (Å²) < 4.78 is 4.04. The molecule has 0 radical (unpaired) electrons. The minimum absolute atomic E-state index is 0. The van der Waals surface area contributed by atoms with Crippen LogP contribution in [0, 0.1) is 0 Å². The summed E-state index contributed by atoms with van der Waals surface area (Å²) in [7, 11) is 0. The number of hydrogen-bond acceptors (Lipinski definition) is 0. The number of halogens is 2. The van der Waals surface area contributed by atoms with Crippen LogP contribution in [0.1, 0.15) is 117 Å². The molecule has 47 heavy (non-hydrogen) atoms. The van der Waals surface area contributed by atoms with Crippen LogP contribution in [0.4, 0.5) is 0 Å². The predicted molar refractivity (Wildman–Crippen MR) is 192 cm³/mol. The van der Waals surface area contributed by atoms with Crippen molar-refractivity contribution < 1.29 is 46.1 Å². The fourth-order valence-corrected chi connectivity index (χ4v) is 17.8. The predicted octanol–water partition coefficient (Wildman–Crippen LogP) is 6.13. The van der Waals surface area contributed by atoms with Crippen molar-refractivity contribution in [3.8, 4) is 11.1 Å². The summed E-state index contributed by atoms with van der Waals surface area (Å²) >= 11 is -2.80. The molecule has 244 valence electrons.